The van der Waals surface area contributed by atoms with Crippen LogP contribution in [0.15, 0.2) is 24.3 Å². The van der Waals surface area contributed by atoms with E-state index in [1.54, 1.807) is 12.1 Å². The van der Waals surface area contributed by atoms with Gasteiger partial charge in [0.25, 0.3) is 5.91 Å². The second-order valence-electron chi connectivity index (χ2n) is 9.53. The third kappa shape index (κ3) is 2.62. The third-order valence-electron chi connectivity index (χ3n) is 7.58. The minimum absolute atomic E-state index is 0.00515. The molecule has 1 aromatic carbocycles. The molecule has 4 fully saturated rings. The zero-order valence-corrected chi connectivity index (χ0v) is 16.0. The molecule has 1 aromatic heterocycles. The smallest absolute Gasteiger partial charge is 0.268 e. The Labute approximate surface area is 158 Å². The molecule has 2 N–H and O–H groups in total. The van der Waals surface area contributed by atoms with Gasteiger partial charge in [-0.3, -0.25) is 4.79 Å². The van der Waals surface area contributed by atoms with E-state index in [4.69, 9.17) is 0 Å². The van der Waals surface area contributed by atoms with Crippen molar-refractivity contribution in [3.05, 3.63) is 35.8 Å². The van der Waals surface area contributed by atoms with Crippen molar-refractivity contribution in [1.29, 1.82) is 0 Å². The lowest BCUT2D eigenvalue weighted by atomic mass is 9.46. The number of halogens is 1. The highest BCUT2D eigenvalue weighted by molar-refractivity contribution is 5.98. The number of aromatic nitrogens is 1. The van der Waals surface area contributed by atoms with Crippen LogP contribution in [0.2, 0.25) is 0 Å². The molecule has 0 unspecified atom stereocenters. The van der Waals surface area contributed by atoms with Gasteiger partial charge in [0.1, 0.15) is 11.5 Å². The van der Waals surface area contributed by atoms with Gasteiger partial charge in [-0.15, -0.1) is 0 Å². The van der Waals surface area contributed by atoms with E-state index in [1.165, 1.54) is 18.6 Å². The van der Waals surface area contributed by atoms with Crippen LogP contribution < -0.4 is 5.32 Å². The van der Waals surface area contributed by atoms with Gasteiger partial charge >= 0.3 is 0 Å². The molecule has 5 heteroatoms. The van der Waals surface area contributed by atoms with E-state index >= 15 is 0 Å². The Morgan fingerprint density at radius 2 is 1.96 bits per heavy atom. The first-order valence-electron chi connectivity index (χ1n) is 10.1. The molecular formula is C22H27FN2O2. The summed E-state index contributed by atoms with van der Waals surface area (Å²) < 4.78 is 15.3. The Morgan fingerprint density at radius 3 is 2.63 bits per heavy atom. The molecule has 144 valence electrons. The van der Waals surface area contributed by atoms with Gasteiger partial charge in [-0.1, -0.05) is 0 Å². The standard InChI is InChI=1S/C22H27FN2O2/c1-13(21-8-14-5-15(9-21)11-22(27,10-14)12-21)24-20(26)19-7-16-6-17(23)3-4-18(16)25(19)2/h3-4,6-7,13-15,27H,5,8-12H2,1-2H3,(H,24,26)/t13-,14+,15+,21?,22?/m0/s1. The minimum atomic E-state index is -0.528. The number of fused-ring (bicyclic) bond motifs is 1. The number of hydrogen-bond donors (Lipinski definition) is 2. The van der Waals surface area contributed by atoms with Gasteiger partial charge in [0.15, 0.2) is 0 Å². The van der Waals surface area contributed by atoms with Gasteiger partial charge in [0.2, 0.25) is 0 Å². The summed E-state index contributed by atoms with van der Waals surface area (Å²) in [7, 11) is 1.84. The largest absolute Gasteiger partial charge is 0.390 e. The van der Waals surface area contributed by atoms with Crippen molar-refractivity contribution in [2.75, 3.05) is 0 Å². The molecule has 0 saturated heterocycles. The lowest BCUT2D eigenvalue weighted by Gasteiger charge is -2.62. The van der Waals surface area contributed by atoms with Crippen LogP contribution in [0.4, 0.5) is 4.39 Å². The van der Waals surface area contributed by atoms with Gasteiger partial charge in [-0.2, -0.15) is 0 Å². The van der Waals surface area contributed by atoms with Crippen molar-refractivity contribution >= 4 is 16.8 Å². The highest BCUT2D eigenvalue weighted by atomic mass is 19.1. The van der Waals surface area contributed by atoms with Crippen LogP contribution in [0.5, 0.6) is 0 Å². The summed E-state index contributed by atoms with van der Waals surface area (Å²) in [6.45, 7) is 2.09. The molecule has 3 atom stereocenters. The van der Waals surface area contributed by atoms with E-state index in [-0.39, 0.29) is 23.2 Å². The van der Waals surface area contributed by atoms with E-state index in [9.17, 15) is 14.3 Å². The van der Waals surface area contributed by atoms with Crippen LogP contribution in [0, 0.1) is 23.1 Å². The summed E-state index contributed by atoms with van der Waals surface area (Å²) in [5.41, 5.74) is 0.870. The van der Waals surface area contributed by atoms with Crippen molar-refractivity contribution in [3.8, 4) is 0 Å². The van der Waals surface area contributed by atoms with Crippen molar-refractivity contribution in [2.24, 2.45) is 24.3 Å². The summed E-state index contributed by atoms with van der Waals surface area (Å²) in [6.07, 6.45) is 6.11. The maximum absolute atomic E-state index is 13.5. The van der Waals surface area contributed by atoms with Crippen molar-refractivity contribution in [3.63, 3.8) is 0 Å². The number of aryl methyl sites for hydroxylation is 1. The molecule has 0 spiro atoms. The van der Waals surface area contributed by atoms with Gasteiger partial charge in [-0.05, 0) is 87.0 Å². The van der Waals surface area contributed by atoms with Gasteiger partial charge in [0.05, 0.1) is 5.60 Å². The first-order valence-corrected chi connectivity index (χ1v) is 10.1. The molecule has 2 aromatic rings. The topological polar surface area (TPSA) is 54.3 Å². The van der Waals surface area contributed by atoms with Crippen LogP contribution in [0.3, 0.4) is 0 Å². The average Bonchev–Trinajstić information content (AvgIpc) is 2.88. The van der Waals surface area contributed by atoms with Crippen LogP contribution in [0.25, 0.3) is 10.9 Å². The second kappa shape index (κ2) is 5.57. The quantitative estimate of drug-likeness (QED) is 0.864. The number of rotatable bonds is 3. The average molecular weight is 370 g/mol. The van der Waals surface area contributed by atoms with Crippen molar-refractivity contribution in [2.45, 2.75) is 57.1 Å². The molecule has 4 saturated carbocycles. The molecule has 4 aliphatic carbocycles. The van der Waals surface area contributed by atoms with Crippen molar-refractivity contribution < 1.29 is 14.3 Å². The fourth-order valence-corrected chi connectivity index (χ4v) is 6.75. The summed E-state index contributed by atoms with van der Waals surface area (Å²) in [5, 5.41) is 14.9. The summed E-state index contributed by atoms with van der Waals surface area (Å²) in [4.78, 5) is 13.0. The fraction of sp³-hybridized carbons (Fsp3) is 0.591. The maximum atomic E-state index is 13.5. The number of hydrogen-bond acceptors (Lipinski definition) is 2. The molecule has 27 heavy (non-hydrogen) atoms. The van der Waals surface area contributed by atoms with Crippen LogP contribution >= 0.6 is 0 Å². The zero-order valence-electron chi connectivity index (χ0n) is 16.0. The number of carbonyl (C=O) groups excluding carboxylic acids is 1. The molecule has 0 aliphatic heterocycles. The predicted octanol–water partition coefficient (Wildman–Crippen LogP) is 3.77. The molecule has 1 amide bonds. The Hall–Kier alpha value is -1.88. The number of carbonyl (C=O) groups is 1. The van der Waals surface area contributed by atoms with Crippen molar-refractivity contribution in [1.82, 2.24) is 9.88 Å². The summed E-state index contributed by atoms with van der Waals surface area (Å²) >= 11 is 0. The van der Waals surface area contributed by atoms with Crippen LogP contribution in [0.1, 0.15) is 55.9 Å². The van der Waals surface area contributed by atoms with E-state index in [1.807, 2.05) is 11.6 Å². The number of benzene rings is 1. The van der Waals surface area contributed by atoms with Gasteiger partial charge in [0, 0.05) is 24.0 Å². The summed E-state index contributed by atoms with van der Waals surface area (Å²) in [5.74, 6) is 0.770. The molecule has 4 aliphatic rings. The first kappa shape index (κ1) is 17.2. The van der Waals surface area contributed by atoms with Crippen LogP contribution in [-0.2, 0) is 7.05 Å². The Balaban J connectivity index is 1.41. The van der Waals surface area contributed by atoms with Gasteiger partial charge < -0.3 is 15.0 Å². The van der Waals surface area contributed by atoms with Gasteiger partial charge in [-0.25, -0.2) is 4.39 Å². The third-order valence-corrected chi connectivity index (χ3v) is 7.58. The number of aliphatic hydroxyl groups is 1. The van der Waals surface area contributed by atoms with Crippen LogP contribution in [-0.4, -0.2) is 27.2 Å². The monoisotopic (exact) mass is 370 g/mol. The fourth-order valence-electron chi connectivity index (χ4n) is 6.75. The van der Waals surface area contributed by atoms with E-state index < -0.39 is 5.60 Å². The first-order chi connectivity index (χ1) is 12.8. The molecule has 6 rings (SSSR count). The SMILES string of the molecule is C[C@H](NC(=O)c1cc2cc(F)ccc2n1C)C12C[C@H]3C[C@@H](CC(O)(C3)C1)C2. The Bertz CT molecular complexity index is 920. The number of amides is 1. The molecular weight excluding hydrogens is 343 g/mol. The zero-order chi connectivity index (χ0) is 19.0. The van der Waals surface area contributed by atoms with E-state index in [2.05, 4.69) is 12.2 Å². The Kier molecular flexibility index (Phi) is 3.55. The van der Waals surface area contributed by atoms with E-state index in [0.29, 0.717) is 17.5 Å². The predicted molar refractivity (Wildman–Crippen MR) is 102 cm³/mol. The maximum Gasteiger partial charge on any atom is 0.268 e. The molecule has 4 nitrogen and oxygen atoms in total. The highest BCUT2D eigenvalue weighted by Gasteiger charge is 2.59. The second-order valence-corrected chi connectivity index (χ2v) is 9.53. The lowest BCUT2D eigenvalue weighted by Crippen LogP contribution is -2.61. The normalized spacial score (nSPS) is 35.6. The molecule has 1 heterocycles. The lowest BCUT2D eigenvalue weighted by molar-refractivity contribution is -0.171. The Morgan fingerprint density at radius 1 is 1.26 bits per heavy atom. The highest BCUT2D eigenvalue weighted by Crippen LogP contribution is 2.62. The number of nitrogens with zero attached hydrogens (tertiary/aromatic N) is 1. The molecule has 4 bridgehead atoms. The summed E-state index contributed by atoms with van der Waals surface area (Å²) in [6, 6.07) is 6.36. The minimum Gasteiger partial charge on any atom is -0.390 e. The van der Waals surface area contributed by atoms with E-state index in [0.717, 1.165) is 43.0 Å². The number of nitrogens with one attached hydrogen (secondary N) is 1. The molecule has 0 radical (unpaired) electrons.